The van der Waals surface area contributed by atoms with Crippen LogP contribution in [0.2, 0.25) is 0 Å². The Hall–Kier alpha value is -0.940. The van der Waals surface area contributed by atoms with Crippen LogP contribution in [0.15, 0.2) is 30.3 Å². The molecule has 118 valence electrons. The van der Waals surface area contributed by atoms with Gasteiger partial charge in [0.05, 0.1) is 12.1 Å². The van der Waals surface area contributed by atoms with E-state index in [1.165, 1.54) is 0 Å². The monoisotopic (exact) mass is 292 g/mol. The van der Waals surface area contributed by atoms with Crippen LogP contribution < -0.4 is 5.32 Å². The predicted molar refractivity (Wildman–Crippen MR) is 85.4 cm³/mol. The minimum absolute atomic E-state index is 0.106. The van der Waals surface area contributed by atoms with Gasteiger partial charge in [-0.3, -0.25) is 0 Å². The highest BCUT2D eigenvalue weighted by atomic mass is 16.5. The Morgan fingerprint density at radius 3 is 2.52 bits per heavy atom. The van der Waals surface area contributed by atoms with Gasteiger partial charge >= 0.3 is 0 Å². The summed E-state index contributed by atoms with van der Waals surface area (Å²) in [5.74, 6) is 0. The molecule has 0 spiro atoms. The molecule has 0 aromatic heterocycles. The Bertz CT molecular complexity index is 401. The maximum atomic E-state index is 9.95. The first-order valence-electron chi connectivity index (χ1n) is 7.85. The lowest BCUT2D eigenvalue weighted by atomic mass is 9.87. The summed E-state index contributed by atoms with van der Waals surface area (Å²) >= 11 is 0. The number of aliphatic hydroxyl groups excluding tert-OH is 1. The van der Waals surface area contributed by atoms with Crippen molar-refractivity contribution in [3.05, 3.63) is 35.9 Å². The van der Waals surface area contributed by atoms with E-state index in [4.69, 9.17) is 4.74 Å². The molecule has 4 nitrogen and oxygen atoms in total. The van der Waals surface area contributed by atoms with Crippen LogP contribution in [-0.2, 0) is 10.3 Å². The first kappa shape index (κ1) is 16.4. The Labute approximate surface area is 128 Å². The van der Waals surface area contributed by atoms with Crippen LogP contribution in [0.4, 0.5) is 0 Å². The molecule has 1 aliphatic rings. The molecular formula is C17H28N2O2. The van der Waals surface area contributed by atoms with Crippen LogP contribution in [0.5, 0.6) is 0 Å². The summed E-state index contributed by atoms with van der Waals surface area (Å²) in [6, 6.07) is 10.8. The molecule has 0 bridgehead atoms. The Morgan fingerprint density at radius 1 is 1.29 bits per heavy atom. The molecule has 2 N–H and O–H groups in total. The zero-order chi connectivity index (χ0) is 15.1. The highest BCUT2D eigenvalue weighted by molar-refractivity contribution is 5.24. The minimum atomic E-state index is -0.360. The van der Waals surface area contributed by atoms with Crippen molar-refractivity contribution in [2.24, 2.45) is 0 Å². The lowest BCUT2D eigenvalue weighted by Crippen LogP contribution is -2.47. The van der Waals surface area contributed by atoms with Crippen molar-refractivity contribution >= 4 is 0 Å². The lowest BCUT2D eigenvalue weighted by molar-refractivity contribution is 0.0377. The number of hydrogen-bond donors (Lipinski definition) is 2. The molecule has 4 heteroatoms. The fraction of sp³-hybridized carbons (Fsp3) is 0.647. The Morgan fingerprint density at radius 2 is 1.95 bits per heavy atom. The smallest absolute Gasteiger partial charge is 0.0678 e. The third-order valence-corrected chi connectivity index (χ3v) is 4.78. The second-order valence-electron chi connectivity index (χ2n) is 5.93. The Balaban J connectivity index is 1.99. The minimum Gasteiger partial charge on any atom is -0.394 e. The first-order valence-corrected chi connectivity index (χ1v) is 7.85. The van der Waals surface area contributed by atoms with Gasteiger partial charge in [-0.1, -0.05) is 30.3 Å². The molecule has 1 saturated heterocycles. The fourth-order valence-corrected chi connectivity index (χ4v) is 3.10. The number of nitrogens with one attached hydrogen (secondary N) is 1. The molecule has 0 saturated carbocycles. The van der Waals surface area contributed by atoms with Gasteiger partial charge in [0.1, 0.15) is 0 Å². The lowest BCUT2D eigenvalue weighted by Gasteiger charge is -2.37. The normalized spacial score (nSPS) is 19.6. The summed E-state index contributed by atoms with van der Waals surface area (Å²) in [4.78, 5) is 2.41. The van der Waals surface area contributed by atoms with Crippen LogP contribution in [0, 0.1) is 0 Å². The Kier molecular flexibility index (Phi) is 6.18. The van der Waals surface area contributed by atoms with E-state index in [2.05, 4.69) is 29.4 Å². The predicted octanol–water partition coefficient (Wildman–Crippen LogP) is 1.59. The van der Waals surface area contributed by atoms with E-state index in [1.54, 1.807) is 0 Å². The van der Waals surface area contributed by atoms with Gasteiger partial charge in [-0.25, -0.2) is 0 Å². The highest BCUT2D eigenvalue weighted by Crippen LogP contribution is 2.25. The van der Waals surface area contributed by atoms with Crippen molar-refractivity contribution < 1.29 is 9.84 Å². The van der Waals surface area contributed by atoms with Gasteiger partial charge in [0, 0.05) is 25.8 Å². The van der Waals surface area contributed by atoms with Crippen molar-refractivity contribution in [1.29, 1.82) is 0 Å². The summed E-state index contributed by atoms with van der Waals surface area (Å²) in [6.07, 6.45) is 3.10. The van der Waals surface area contributed by atoms with Crippen LogP contribution in [0.3, 0.4) is 0 Å². The molecule has 0 aliphatic carbocycles. The van der Waals surface area contributed by atoms with E-state index in [0.29, 0.717) is 6.04 Å². The standard InChI is InChI=1S/C17H28N2O2/c1-18-17(14-20,15-6-4-3-5-7-15)10-11-19(2)16-8-12-21-13-9-16/h3-7,16,18,20H,8-14H2,1-2H3. The van der Waals surface area contributed by atoms with Gasteiger partial charge in [-0.05, 0) is 38.9 Å². The summed E-state index contributed by atoms with van der Waals surface area (Å²) in [5, 5.41) is 13.3. The molecule has 1 aliphatic heterocycles. The topological polar surface area (TPSA) is 44.7 Å². The molecule has 2 rings (SSSR count). The van der Waals surface area contributed by atoms with Crippen LogP contribution >= 0.6 is 0 Å². The van der Waals surface area contributed by atoms with Crippen molar-refractivity contribution in [1.82, 2.24) is 10.2 Å². The molecular weight excluding hydrogens is 264 g/mol. The van der Waals surface area contributed by atoms with Crippen molar-refractivity contribution in [2.45, 2.75) is 30.8 Å². The van der Waals surface area contributed by atoms with E-state index in [-0.39, 0.29) is 12.1 Å². The number of hydrogen-bond acceptors (Lipinski definition) is 4. The van der Waals surface area contributed by atoms with E-state index >= 15 is 0 Å². The molecule has 1 atom stereocenters. The molecule has 1 aromatic rings. The largest absolute Gasteiger partial charge is 0.394 e. The van der Waals surface area contributed by atoms with Gasteiger partial charge in [0.15, 0.2) is 0 Å². The third kappa shape index (κ3) is 4.04. The quantitative estimate of drug-likeness (QED) is 0.801. The van der Waals surface area contributed by atoms with Crippen LogP contribution in [0.25, 0.3) is 0 Å². The highest BCUT2D eigenvalue weighted by Gasteiger charge is 2.30. The molecule has 1 aromatic carbocycles. The van der Waals surface area contributed by atoms with E-state index in [0.717, 1.165) is 44.6 Å². The van der Waals surface area contributed by atoms with Gasteiger partial charge in [0.25, 0.3) is 0 Å². The number of rotatable bonds is 7. The number of aliphatic hydroxyl groups is 1. The molecule has 1 fully saturated rings. The number of benzene rings is 1. The summed E-state index contributed by atoms with van der Waals surface area (Å²) in [5.41, 5.74) is 0.788. The number of ether oxygens (including phenoxy) is 1. The average Bonchev–Trinajstić information content (AvgIpc) is 2.58. The summed E-state index contributed by atoms with van der Waals surface area (Å²) < 4.78 is 5.43. The summed E-state index contributed by atoms with van der Waals surface area (Å²) in [7, 11) is 4.11. The molecule has 1 unspecified atom stereocenters. The average molecular weight is 292 g/mol. The van der Waals surface area contributed by atoms with E-state index in [1.807, 2.05) is 25.2 Å². The molecule has 0 amide bonds. The maximum absolute atomic E-state index is 9.95. The van der Waals surface area contributed by atoms with Crippen molar-refractivity contribution in [3.8, 4) is 0 Å². The van der Waals surface area contributed by atoms with E-state index in [9.17, 15) is 5.11 Å². The number of nitrogens with zero attached hydrogens (tertiary/aromatic N) is 1. The SMILES string of the molecule is CNC(CO)(CCN(C)C1CCOCC1)c1ccccc1. The summed E-state index contributed by atoms with van der Waals surface area (Å²) in [6.45, 7) is 2.80. The third-order valence-electron chi connectivity index (χ3n) is 4.78. The molecule has 21 heavy (non-hydrogen) atoms. The van der Waals surface area contributed by atoms with Gasteiger partial charge < -0.3 is 20.1 Å². The second kappa shape index (κ2) is 7.90. The number of likely N-dealkylation sites (N-methyl/N-ethyl adjacent to an activating group) is 1. The van der Waals surface area contributed by atoms with Crippen molar-refractivity contribution in [3.63, 3.8) is 0 Å². The maximum Gasteiger partial charge on any atom is 0.0678 e. The van der Waals surface area contributed by atoms with Crippen molar-refractivity contribution in [2.75, 3.05) is 40.5 Å². The van der Waals surface area contributed by atoms with Crippen LogP contribution in [0.1, 0.15) is 24.8 Å². The first-order chi connectivity index (χ1) is 10.2. The van der Waals surface area contributed by atoms with Gasteiger partial charge in [-0.2, -0.15) is 0 Å². The van der Waals surface area contributed by atoms with E-state index < -0.39 is 0 Å². The molecule has 1 heterocycles. The fourth-order valence-electron chi connectivity index (χ4n) is 3.10. The van der Waals surface area contributed by atoms with Gasteiger partial charge in [-0.15, -0.1) is 0 Å². The zero-order valence-corrected chi connectivity index (χ0v) is 13.2. The second-order valence-corrected chi connectivity index (χ2v) is 5.93. The molecule has 0 radical (unpaired) electrons. The van der Waals surface area contributed by atoms with Crippen LogP contribution in [-0.4, -0.2) is 56.5 Å². The van der Waals surface area contributed by atoms with Gasteiger partial charge in [0.2, 0.25) is 0 Å². The zero-order valence-electron chi connectivity index (χ0n) is 13.2.